The SMILES string of the molecule is CN=C(NCCc1nc(C(C)(C)C)cs1)NC1CCOc2ccccc21.I. The summed E-state index contributed by atoms with van der Waals surface area (Å²) in [5, 5.41) is 10.3. The Morgan fingerprint density at radius 1 is 1.33 bits per heavy atom. The van der Waals surface area contributed by atoms with E-state index < -0.39 is 0 Å². The molecular formula is C20H29IN4OS. The van der Waals surface area contributed by atoms with Crippen LogP contribution in [0.25, 0.3) is 0 Å². The lowest BCUT2D eigenvalue weighted by Crippen LogP contribution is -2.41. The van der Waals surface area contributed by atoms with Crippen LogP contribution in [0.3, 0.4) is 0 Å². The Hall–Kier alpha value is -1.35. The van der Waals surface area contributed by atoms with Crippen molar-refractivity contribution in [2.45, 2.75) is 45.1 Å². The molecule has 1 atom stereocenters. The second-order valence-corrected chi connectivity index (χ2v) is 8.44. The van der Waals surface area contributed by atoms with Crippen LogP contribution in [0, 0.1) is 0 Å². The molecule has 0 amide bonds. The first kappa shape index (κ1) is 21.9. The van der Waals surface area contributed by atoms with Gasteiger partial charge in [0.05, 0.1) is 23.4 Å². The van der Waals surface area contributed by atoms with Crippen molar-refractivity contribution < 1.29 is 4.74 Å². The van der Waals surface area contributed by atoms with E-state index in [1.165, 1.54) is 11.3 Å². The number of hydrogen-bond donors (Lipinski definition) is 2. The number of para-hydroxylation sites is 1. The smallest absolute Gasteiger partial charge is 0.191 e. The Labute approximate surface area is 183 Å². The molecule has 27 heavy (non-hydrogen) atoms. The molecule has 0 aliphatic carbocycles. The van der Waals surface area contributed by atoms with Gasteiger partial charge in [0, 0.05) is 42.8 Å². The van der Waals surface area contributed by atoms with Gasteiger partial charge in [-0.1, -0.05) is 39.0 Å². The van der Waals surface area contributed by atoms with E-state index in [1.807, 2.05) is 25.2 Å². The summed E-state index contributed by atoms with van der Waals surface area (Å²) in [6, 6.07) is 8.41. The second-order valence-electron chi connectivity index (χ2n) is 7.50. The Bertz CT molecular complexity index is 769. The average molecular weight is 500 g/mol. The molecule has 1 aliphatic rings. The number of nitrogens with zero attached hydrogens (tertiary/aromatic N) is 2. The fourth-order valence-corrected chi connectivity index (χ4v) is 3.93. The van der Waals surface area contributed by atoms with Crippen LogP contribution >= 0.6 is 35.3 Å². The maximum atomic E-state index is 5.73. The summed E-state index contributed by atoms with van der Waals surface area (Å²) < 4.78 is 5.73. The lowest BCUT2D eigenvalue weighted by atomic mass is 9.93. The molecule has 148 valence electrons. The number of fused-ring (bicyclic) bond motifs is 1. The van der Waals surface area contributed by atoms with Crippen molar-refractivity contribution in [3.8, 4) is 5.75 Å². The van der Waals surface area contributed by atoms with Crippen LogP contribution in [-0.2, 0) is 11.8 Å². The minimum absolute atomic E-state index is 0. The zero-order chi connectivity index (χ0) is 18.6. The molecule has 1 aromatic carbocycles. The van der Waals surface area contributed by atoms with Crippen LogP contribution < -0.4 is 15.4 Å². The molecule has 0 bridgehead atoms. The molecule has 1 unspecified atom stereocenters. The Kier molecular flexibility index (Phi) is 7.91. The van der Waals surface area contributed by atoms with Crippen LogP contribution in [0.15, 0.2) is 34.6 Å². The van der Waals surface area contributed by atoms with Crippen molar-refractivity contribution in [3.05, 3.63) is 45.9 Å². The summed E-state index contributed by atoms with van der Waals surface area (Å²) in [5.41, 5.74) is 2.46. The lowest BCUT2D eigenvalue weighted by Gasteiger charge is -2.28. The normalized spacial score (nSPS) is 16.7. The van der Waals surface area contributed by atoms with E-state index in [0.717, 1.165) is 42.7 Å². The van der Waals surface area contributed by atoms with Gasteiger partial charge in [-0.15, -0.1) is 35.3 Å². The first-order valence-corrected chi connectivity index (χ1v) is 9.99. The van der Waals surface area contributed by atoms with Crippen LogP contribution in [-0.4, -0.2) is 31.1 Å². The van der Waals surface area contributed by atoms with E-state index >= 15 is 0 Å². The largest absolute Gasteiger partial charge is 0.493 e. The molecule has 0 fully saturated rings. The summed E-state index contributed by atoms with van der Waals surface area (Å²) in [7, 11) is 1.81. The van der Waals surface area contributed by atoms with E-state index in [0.29, 0.717) is 0 Å². The fourth-order valence-electron chi connectivity index (χ4n) is 2.91. The molecule has 3 rings (SSSR count). The number of ether oxygens (including phenoxy) is 1. The number of halogens is 1. The third-order valence-corrected chi connectivity index (χ3v) is 5.35. The highest BCUT2D eigenvalue weighted by Gasteiger charge is 2.22. The standard InChI is InChI=1S/C20H28N4OS.HI/c1-20(2,3)17-13-26-18(24-17)9-11-22-19(21-4)23-15-10-12-25-16-8-6-5-7-14(15)16;/h5-8,13,15H,9-12H2,1-4H3,(H2,21,22,23);1H. The second kappa shape index (κ2) is 9.73. The topological polar surface area (TPSA) is 58.5 Å². The Balaban J connectivity index is 0.00000261. The molecule has 0 saturated carbocycles. The maximum absolute atomic E-state index is 5.73. The van der Waals surface area contributed by atoms with E-state index in [-0.39, 0.29) is 35.4 Å². The zero-order valence-corrected chi connectivity index (χ0v) is 19.6. The molecular weight excluding hydrogens is 471 g/mol. The van der Waals surface area contributed by atoms with Crippen LogP contribution in [0.1, 0.15) is 49.5 Å². The van der Waals surface area contributed by atoms with Gasteiger partial charge < -0.3 is 15.4 Å². The van der Waals surface area contributed by atoms with Gasteiger partial charge in [0.1, 0.15) is 5.75 Å². The monoisotopic (exact) mass is 500 g/mol. The van der Waals surface area contributed by atoms with E-state index in [4.69, 9.17) is 9.72 Å². The van der Waals surface area contributed by atoms with Crippen molar-refractivity contribution in [3.63, 3.8) is 0 Å². The maximum Gasteiger partial charge on any atom is 0.191 e. The number of thiazole rings is 1. The summed E-state index contributed by atoms with van der Waals surface area (Å²) in [6.45, 7) is 8.12. The predicted molar refractivity (Wildman–Crippen MR) is 124 cm³/mol. The van der Waals surface area contributed by atoms with E-state index in [1.54, 1.807) is 11.3 Å². The van der Waals surface area contributed by atoms with Crippen molar-refractivity contribution in [1.82, 2.24) is 15.6 Å². The van der Waals surface area contributed by atoms with Gasteiger partial charge in [0.2, 0.25) is 0 Å². The zero-order valence-electron chi connectivity index (χ0n) is 16.4. The number of aliphatic imine (C=N–C) groups is 1. The summed E-state index contributed by atoms with van der Waals surface area (Å²) in [6.07, 6.45) is 1.82. The van der Waals surface area contributed by atoms with Crippen molar-refractivity contribution in [1.29, 1.82) is 0 Å². The minimum atomic E-state index is 0. The fraction of sp³-hybridized carbons (Fsp3) is 0.500. The molecule has 5 nitrogen and oxygen atoms in total. The number of rotatable bonds is 4. The molecule has 2 N–H and O–H groups in total. The minimum Gasteiger partial charge on any atom is -0.493 e. The van der Waals surface area contributed by atoms with Crippen LogP contribution in [0.2, 0.25) is 0 Å². The third kappa shape index (κ3) is 5.81. The highest BCUT2D eigenvalue weighted by molar-refractivity contribution is 14.0. The number of guanidine groups is 1. The Morgan fingerprint density at radius 3 is 2.81 bits per heavy atom. The van der Waals surface area contributed by atoms with Gasteiger partial charge in [-0.3, -0.25) is 4.99 Å². The van der Waals surface area contributed by atoms with Gasteiger partial charge in [0.25, 0.3) is 0 Å². The number of hydrogen-bond acceptors (Lipinski definition) is 4. The molecule has 1 aliphatic heterocycles. The third-order valence-electron chi connectivity index (χ3n) is 4.44. The lowest BCUT2D eigenvalue weighted by molar-refractivity contribution is 0.261. The van der Waals surface area contributed by atoms with Gasteiger partial charge in [0.15, 0.2) is 5.96 Å². The predicted octanol–water partition coefficient (Wildman–Crippen LogP) is 4.29. The molecule has 2 heterocycles. The van der Waals surface area contributed by atoms with Crippen LogP contribution in [0.4, 0.5) is 0 Å². The Morgan fingerprint density at radius 2 is 2.11 bits per heavy atom. The van der Waals surface area contributed by atoms with Crippen molar-refractivity contribution in [2.24, 2.45) is 4.99 Å². The number of nitrogens with one attached hydrogen (secondary N) is 2. The molecule has 0 radical (unpaired) electrons. The van der Waals surface area contributed by atoms with Crippen molar-refractivity contribution >= 4 is 41.3 Å². The summed E-state index contributed by atoms with van der Waals surface area (Å²) >= 11 is 1.73. The molecule has 7 heteroatoms. The number of benzene rings is 1. The molecule has 0 saturated heterocycles. The molecule has 1 aromatic heterocycles. The van der Waals surface area contributed by atoms with E-state index in [2.05, 4.69) is 47.8 Å². The highest BCUT2D eigenvalue weighted by Crippen LogP contribution is 2.31. The first-order valence-electron chi connectivity index (χ1n) is 9.11. The average Bonchev–Trinajstić information content (AvgIpc) is 3.10. The number of aromatic nitrogens is 1. The molecule has 0 spiro atoms. The quantitative estimate of drug-likeness (QED) is 0.374. The highest BCUT2D eigenvalue weighted by atomic mass is 127. The first-order chi connectivity index (χ1) is 12.5. The molecule has 2 aromatic rings. The summed E-state index contributed by atoms with van der Waals surface area (Å²) in [5.74, 6) is 1.78. The van der Waals surface area contributed by atoms with Crippen molar-refractivity contribution in [2.75, 3.05) is 20.2 Å². The van der Waals surface area contributed by atoms with Gasteiger partial charge in [-0.25, -0.2) is 4.98 Å². The van der Waals surface area contributed by atoms with Gasteiger partial charge >= 0.3 is 0 Å². The van der Waals surface area contributed by atoms with Gasteiger partial charge in [-0.05, 0) is 6.07 Å². The van der Waals surface area contributed by atoms with Gasteiger partial charge in [-0.2, -0.15) is 0 Å². The summed E-state index contributed by atoms with van der Waals surface area (Å²) in [4.78, 5) is 9.12. The van der Waals surface area contributed by atoms with E-state index in [9.17, 15) is 0 Å². The van der Waals surface area contributed by atoms with Crippen LogP contribution in [0.5, 0.6) is 5.75 Å².